The van der Waals surface area contributed by atoms with Crippen LogP contribution in [0.15, 0.2) is 40.5 Å². The van der Waals surface area contributed by atoms with Gasteiger partial charge in [-0.15, -0.1) is 0 Å². The van der Waals surface area contributed by atoms with Gasteiger partial charge in [-0.1, -0.05) is 0 Å². The van der Waals surface area contributed by atoms with Gasteiger partial charge in [0, 0.05) is 11.1 Å². The molecule has 0 unspecified atom stereocenters. The standard InChI is InChI=1S/C13H10N2O4S/c16-12(17)9-3-4-14-13(15-9)20-8-1-2-10-11(7-8)19-6-5-18-10/h1-4,7H,5-6H2,(H,16,17). The average Bonchev–Trinajstić information content (AvgIpc) is 2.47. The molecule has 0 fully saturated rings. The monoisotopic (exact) mass is 290 g/mol. The summed E-state index contributed by atoms with van der Waals surface area (Å²) in [7, 11) is 0. The number of carboxylic acids is 1. The molecule has 3 rings (SSSR count). The van der Waals surface area contributed by atoms with Crippen molar-refractivity contribution in [2.24, 2.45) is 0 Å². The fourth-order valence-corrected chi connectivity index (χ4v) is 2.47. The summed E-state index contributed by atoms with van der Waals surface area (Å²) in [6, 6.07) is 6.86. The zero-order chi connectivity index (χ0) is 13.9. The lowest BCUT2D eigenvalue weighted by Gasteiger charge is -2.18. The highest BCUT2D eigenvalue weighted by atomic mass is 32.2. The SMILES string of the molecule is O=C(O)c1ccnc(Sc2ccc3c(c2)OCCO3)n1. The molecule has 2 aromatic rings. The van der Waals surface area contributed by atoms with Crippen LogP contribution in [0.2, 0.25) is 0 Å². The van der Waals surface area contributed by atoms with Crippen molar-refractivity contribution in [1.82, 2.24) is 9.97 Å². The second kappa shape index (κ2) is 5.38. The molecule has 0 atom stereocenters. The van der Waals surface area contributed by atoms with E-state index in [1.54, 1.807) is 0 Å². The molecule has 0 radical (unpaired) electrons. The second-order valence-electron chi connectivity index (χ2n) is 3.94. The summed E-state index contributed by atoms with van der Waals surface area (Å²) in [5, 5.41) is 9.27. The van der Waals surface area contributed by atoms with E-state index in [1.165, 1.54) is 24.0 Å². The minimum atomic E-state index is -1.07. The molecule has 1 aromatic heterocycles. The Balaban J connectivity index is 1.84. The van der Waals surface area contributed by atoms with Crippen LogP contribution < -0.4 is 9.47 Å². The van der Waals surface area contributed by atoms with Gasteiger partial charge in [-0.2, -0.15) is 0 Å². The number of carboxylic acid groups (broad SMARTS) is 1. The van der Waals surface area contributed by atoms with Crippen LogP contribution >= 0.6 is 11.8 Å². The van der Waals surface area contributed by atoms with Crippen LogP contribution in [0.1, 0.15) is 10.5 Å². The molecule has 1 N–H and O–H groups in total. The molecule has 6 nitrogen and oxygen atoms in total. The third-order valence-electron chi connectivity index (χ3n) is 2.58. The topological polar surface area (TPSA) is 81.5 Å². The van der Waals surface area contributed by atoms with E-state index in [0.717, 1.165) is 4.90 Å². The van der Waals surface area contributed by atoms with Crippen LogP contribution in [0.4, 0.5) is 0 Å². The van der Waals surface area contributed by atoms with Gasteiger partial charge in [-0.05, 0) is 36.0 Å². The Labute approximate surface area is 118 Å². The molecule has 7 heteroatoms. The van der Waals surface area contributed by atoms with Crippen LogP contribution in [0.5, 0.6) is 11.5 Å². The van der Waals surface area contributed by atoms with Crippen LogP contribution in [0, 0.1) is 0 Å². The highest BCUT2D eigenvalue weighted by Crippen LogP contribution is 2.35. The fourth-order valence-electron chi connectivity index (χ4n) is 1.70. The Morgan fingerprint density at radius 3 is 2.80 bits per heavy atom. The van der Waals surface area contributed by atoms with Crippen LogP contribution in [-0.2, 0) is 0 Å². The van der Waals surface area contributed by atoms with E-state index in [-0.39, 0.29) is 5.69 Å². The molecule has 20 heavy (non-hydrogen) atoms. The minimum Gasteiger partial charge on any atom is -0.486 e. The van der Waals surface area contributed by atoms with Crippen molar-refractivity contribution in [3.8, 4) is 11.5 Å². The van der Waals surface area contributed by atoms with Crippen molar-refractivity contribution in [2.75, 3.05) is 13.2 Å². The van der Waals surface area contributed by atoms with Gasteiger partial charge in [0.15, 0.2) is 22.3 Å². The molecule has 0 aliphatic carbocycles. The van der Waals surface area contributed by atoms with Gasteiger partial charge in [-0.3, -0.25) is 0 Å². The van der Waals surface area contributed by atoms with E-state index in [2.05, 4.69) is 9.97 Å². The molecule has 1 aliphatic heterocycles. The van der Waals surface area contributed by atoms with E-state index >= 15 is 0 Å². The Morgan fingerprint density at radius 1 is 1.20 bits per heavy atom. The number of fused-ring (bicyclic) bond motifs is 1. The summed E-state index contributed by atoms with van der Waals surface area (Å²) in [4.78, 5) is 19.7. The summed E-state index contributed by atoms with van der Waals surface area (Å²) >= 11 is 1.27. The Kier molecular flexibility index (Phi) is 3.42. The van der Waals surface area contributed by atoms with Crippen molar-refractivity contribution in [1.29, 1.82) is 0 Å². The van der Waals surface area contributed by atoms with Crippen molar-refractivity contribution in [3.05, 3.63) is 36.2 Å². The maximum atomic E-state index is 10.9. The zero-order valence-corrected chi connectivity index (χ0v) is 11.1. The Hall–Kier alpha value is -2.28. The molecule has 1 aliphatic rings. The molecule has 0 saturated carbocycles. The molecule has 0 bridgehead atoms. The number of benzene rings is 1. The number of aromatic nitrogens is 2. The lowest BCUT2D eigenvalue weighted by atomic mass is 10.3. The predicted molar refractivity (Wildman–Crippen MR) is 70.5 cm³/mol. The highest BCUT2D eigenvalue weighted by molar-refractivity contribution is 7.99. The predicted octanol–water partition coefficient (Wildman–Crippen LogP) is 2.10. The third-order valence-corrected chi connectivity index (χ3v) is 3.44. The fraction of sp³-hybridized carbons (Fsp3) is 0.154. The number of hydrogen-bond acceptors (Lipinski definition) is 6. The number of hydrogen-bond donors (Lipinski definition) is 1. The van der Waals surface area contributed by atoms with Gasteiger partial charge < -0.3 is 14.6 Å². The zero-order valence-electron chi connectivity index (χ0n) is 10.3. The first-order valence-electron chi connectivity index (χ1n) is 5.86. The molecule has 0 saturated heterocycles. The number of carbonyl (C=O) groups is 1. The lowest BCUT2D eigenvalue weighted by Crippen LogP contribution is -2.15. The average molecular weight is 290 g/mol. The third kappa shape index (κ3) is 2.67. The van der Waals surface area contributed by atoms with Crippen LogP contribution in [-0.4, -0.2) is 34.3 Å². The highest BCUT2D eigenvalue weighted by Gasteiger charge is 2.13. The molecular weight excluding hydrogens is 280 g/mol. The smallest absolute Gasteiger partial charge is 0.354 e. The molecule has 1 aromatic carbocycles. The number of nitrogens with zero attached hydrogens (tertiary/aromatic N) is 2. The van der Waals surface area contributed by atoms with Crippen molar-refractivity contribution in [2.45, 2.75) is 10.1 Å². The van der Waals surface area contributed by atoms with Gasteiger partial charge >= 0.3 is 5.97 Å². The van der Waals surface area contributed by atoms with E-state index in [4.69, 9.17) is 14.6 Å². The molecule has 0 spiro atoms. The Bertz CT molecular complexity index is 663. The number of rotatable bonds is 3. The van der Waals surface area contributed by atoms with Gasteiger partial charge in [0.25, 0.3) is 0 Å². The van der Waals surface area contributed by atoms with Gasteiger partial charge in [0.05, 0.1) is 0 Å². The van der Waals surface area contributed by atoms with Gasteiger partial charge in [0.1, 0.15) is 13.2 Å². The second-order valence-corrected chi connectivity index (χ2v) is 4.98. The maximum Gasteiger partial charge on any atom is 0.354 e. The molecular formula is C13H10N2O4S. The van der Waals surface area contributed by atoms with E-state index in [0.29, 0.717) is 29.9 Å². The van der Waals surface area contributed by atoms with Gasteiger partial charge in [-0.25, -0.2) is 14.8 Å². The first-order chi connectivity index (χ1) is 9.72. The van der Waals surface area contributed by atoms with Crippen LogP contribution in [0.3, 0.4) is 0 Å². The van der Waals surface area contributed by atoms with E-state index in [9.17, 15) is 4.79 Å². The maximum absolute atomic E-state index is 10.9. The quantitative estimate of drug-likeness (QED) is 0.867. The largest absolute Gasteiger partial charge is 0.486 e. The molecule has 102 valence electrons. The van der Waals surface area contributed by atoms with Gasteiger partial charge in [0.2, 0.25) is 0 Å². The van der Waals surface area contributed by atoms with Crippen molar-refractivity contribution < 1.29 is 19.4 Å². The minimum absolute atomic E-state index is 0.0277. The van der Waals surface area contributed by atoms with E-state index in [1.807, 2.05) is 18.2 Å². The van der Waals surface area contributed by atoms with Crippen molar-refractivity contribution in [3.63, 3.8) is 0 Å². The molecule has 0 amide bonds. The van der Waals surface area contributed by atoms with E-state index < -0.39 is 5.97 Å². The summed E-state index contributed by atoms with van der Waals surface area (Å²) < 4.78 is 10.9. The van der Waals surface area contributed by atoms with Crippen molar-refractivity contribution >= 4 is 17.7 Å². The van der Waals surface area contributed by atoms with Crippen LogP contribution in [0.25, 0.3) is 0 Å². The first-order valence-corrected chi connectivity index (χ1v) is 6.68. The Morgan fingerprint density at radius 2 is 2.00 bits per heavy atom. The normalized spacial score (nSPS) is 13.0. The first kappa shape index (κ1) is 12.7. The summed E-state index contributed by atoms with van der Waals surface area (Å²) in [6.07, 6.45) is 1.43. The summed E-state index contributed by atoms with van der Waals surface area (Å²) in [5.74, 6) is 0.313. The summed E-state index contributed by atoms with van der Waals surface area (Å²) in [5.41, 5.74) is -0.0277. The summed E-state index contributed by atoms with van der Waals surface area (Å²) in [6.45, 7) is 1.06. The number of aromatic carboxylic acids is 1. The lowest BCUT2D eigenvalue weighted by molar-refractivity contribution is 0.0689. The molecule has 2 heterocycles. The number of ether oxygens (including phenoxy) is 2.